The van der Waals surface area contributed by atoms with Crippen molar-refractivity contribution in [2.24, 2.45) is 0 Å². The zero-order valence-electron chi connectivity index (χ0n) is 15.4. The van der Waals surface area contributed by atoms with Crippen LogP contribution in [-0.2, 0) is 4.79 Å². The molecule has 0 spiro atoms. The first-order valence-corrected chi connectivity index (χ1v) is 9.27. The van der Waals surface area contributed by atoms with Gasteiger partial charge in [0.2, 0.25) is 17.6 Å². The van der Waals surface area contributed by atoms with E-state index in [4.69, 9.17) is 4.52 Å². The van der Waals surface area contributed by atoms with Crippen molar-refractivity contribution in [3.05, 3.63) is 65.8 Å². The monoisotopic (exact) mass is 362 g/mol. The van der Waals surface area contributed by atoms with E-state index in [2.05, 4.69) is 20.4 Å². The SMILES string of the molecule is CC(NC(=O)C(C)c1nc(-c2ccnc(C3CC3)c2)no1)c1ccccc1. The van der Waals surface area contributed by atoms with Crippen LogP contribution in [0.25, 0.3) is 11.4 Å². The predicted octanol–water partition coefficient (Wildman–Crippen LogP) is 3.99. The Morgan fingerprint density at radius 2 is 1.96 bits per heavy atom. The predicted molar refractivity (Wildman–Crippen MR) is 101 cm³/mol. The molecule has 1 saturated carbocycles. The normalized spacial score (nSPS) is 15.9. The maximum atomic E-state index is 12.6. The van der Waals surface area contributed by atoms with Crippen molar-refractivity contribution < 1.29 is 9.32 Å². The summed E-state index contributed by atoms with van der Waals surface area (Å²) in [5, 5.41) is 7.05. The van der Waals surface area contributed by atoms with Crippen molar-refractivity contribution in [2.75, 3.05) is 0 Å². The molecule has 3 aromatic rings. The molecule has 2 heterocycles. The summed E-state index contributed by atoms with van der Waals surface area (Å²) in [5.74, 6) is 0.690. The summed E-state index contributed by atoms with van der Waals surface area (Å²) in [5.41, 5.74) is 2.99. The molecule has 6 heteroatoms. The number of carbonyl (C=O) groups is 1. The average molecular weight is 362 g/mol. The quantitative estimate of drug-likeness (QED) is 0.717. The Hall–Kier alpha value is -3.02. The van der Waals surface area contributed by atoms with Crippen LogP contribution in [0.1, 0.15) is 61.7 Å². The largest absolute Gasteiger partial charge is 0.349 e. The maximum absolute atomic E-state index is 12.6. The summed E-state index contributed by atoms with van der Waals surface area (Å²) in [4.78, 5) is 21.4. The van der Waals surface area contributed by atoms with E-state index >= 15 is 0 Å². The molecular weight excluding hydrogens is 340 g/mol. The maximum Gasteiger partial charge on any atom is 0.239 e. The molecule has 0 radical (unpaired) electrons. The molecule has 2 unspecified atom stereocenters. The van der Waals surface area contributed by atoms with E-state index in [9.17, 15) is 4.79 Å². The Kier molecular flexibility index (Phi) is 4.71. The van der Waals surface area contributed by atoms with E-state index in [1.165, 1.54) is 12.8 Å². The van der Waals surface area contributed by atoms with Crippen molar-refractivity contribution in [1.82, 2.24) is 20.4 Å². The molecule has 1 amide bonds. The summed E-state index contributed by atoms with van der Waals surface area (Å²) >= 11 is 0. The van der Waals surface area contributed by atoms with Gasteiger partial charge in [-0.3, -0.25) is 9.78 Å². The smallest absolute Gasteiger partial charge is 0.239 e. The van der Waals surface area contributed by atoms with Gasteiger partial charge in [0.05, 0.1) is 6.04 Å². The van der Waals surface area contributed by atoms with Crippen LogP contribution in [0.15, 0.2) is 53.2 Å². The van der Waals surface area contributed by atoms with Crippen LogP contribution in [0.5, 0.6) is 0 Å². The first kappa shape index (κ1) is 17.4. The Labute approximate surface area is 158 Å². The third kappa shape index (κ3) is 3.89. The number of carbonyl (C=O) groups excluding carboxylic acids is 1. The van der Waals surface area contributed by atoms with Gasteiger partial charge < -0.3 is 9.84 Å². The number of rotatable bonds is 6. The number of hydrogen-bond acceptors (Lipinski definition) is 5. The molecule has 4 rings (SSSR count). The number of nitrogens with one attached hydrogen (secondary N) is 1. The first-order valence-electron chi connectivity index (χ1n) is 9.27. The molecule has 0 saturated heterocycles. The van der Waals surface area contributed by atoms with Crippen LogP contribution < -0.4 is 5.32 Å². The second kappa shape index (κ2) is 7.31. The number of nitrogens with zero attached hydrogens (tertiary/aromatic N) is 3. The Morgan fingerprint density at radius 1 is 1.19 bits per heavy atom. The van der Waals surface area contributed by atoms with Gasteiger partial charge >= 0.3 is 0 Å². The summed E-state index contributed by atoms with van der Waals surface area (Å²) in [7, 11) is 0. The van der Waals surface area contributed by atoms with E-state index in [0.717, 1.165) is 16.8 Å². The molecule has 0 aliphatic heterocycles. The molecule has 1 aliphatic rings. The molecule has 1 fully saturated rings. The van der Waals surface area contributed by atoms with Crippen molar-refractivity contribution in [2.45, 2.75) is 44.6 Å². The van der Waals surface area contributed by atoms with Gasteiger partial charge in [-0.1, -0.05) is 35.5 Å². The van der Waals surface area contributed by atoms with Crippen molar-refractivity contribution >= 4 is 5.91 Å². The van der Waals surface area contributed by atoms with Crippen molar-refractivity contribution in [3.8, 4) is 11.4 Å². The van der Waals surface area contributed by atoms with E-state index < -0.39 is 5.92 Å². The molecule has 2 aromatic heterocycles. The standard InChI is InChI=1S/C21H22N4O2/c1-13(20(26)23-14(2)15-6-4-3-5-7-15)21-24-19(25-27-21)17-10-11-22-18(12-17)16-8-9-16/h3-7,10-14,16H,8-9H2,1-2H3,(H,23,26). The lowest BCUT2D eigenvalue weighted by atomic mass is 10.1. The summed E-state index contributed by atoms with van der Waals surface area (Å²) in [6.45, 7) is 3.72. The number of hydrogen-bond donors (Lipinski definition) is 1. The Balaban J connectivity index is 1.46. The van der Waals surface area contributed by atoms with Crippen LogP contribution in [-0.4, -0.2) is 21.0 Å². The van der Waals surface area contributed by atoms with Gasteiger partial charge in [0.25, 0.3) is 0 Å². The fourth-order valence-electron chi connectivity index (χ4n) is 2.99. The summed E-state index contributed by atoms with van der Waals surface area (Å²) in [6, 6.07) is 13.6. The molecule has 1 aliphatic carbocycles. The van der Waals surface area contributed by atoms with Gasteiger partial charge in [-0.05, 0) is 44.4 Å². The zero-order chi connectivity index (χ0) is 18.8. The number of aromatic nitrogens is 3. The van der Waals surface area contributed by atoms with Crippen LogP contribution in [0.2, 0.25) is 0 Å². The van der Waals surface area contributed by atoms with Crippen molar-refractivity contribution in [1.29, 1.82) is 0 Å². The molecule has 0 bridgehead atoms. The fraction of sp³-hybridized carbons (Fsp3) is 0.333. The van der Waals surface area contributed by atoms with Crippen LogP contribution >= 0.6 is 0 Å². The lowest BCUT2D eigenvalue weighted by Gasteiger charge is -2.16. The minimum Gasteiger partial charge on any atom is -0.349 e. The molecule has 2 atom stereocenters. The van der Waals surface area contributed by atoms with Crippen LogP contribution in [0.3, 0.4) is 0 Å². The third-order valence-electron chi connectivity index (χ3n) is 4.90. The summed E-state index contributed by atoms with van der Waals surface area (Å²) in [6.07, 6.45) is 4.15. The average Bonchev–Trinajstić information content (AvgIpc) is 3.44. The van der Waals surface area contributed by atoms with Gasteiger partial charge in [0, 0.05) is 23.4 Å². The highest BCUT2D eigenvalue weighted by atomic mass is 16.5. The fourth-order valence-corrected chi connectivity index (χ4v) is 2.99. The van der Waals surface area contributed by atoms with E-state index in [1.807, 2.05) is 49.4 Å². The zero-order valence-corrected chi connectivity index (χ0v) is 15.4. The van der Waals surface area contributed by atoms with E-state index in [0.29, 0.717) is 17.6 Å². The highest BCUT2D eigenvalue weighted by molar-refractivity contribution is 5.82. The minimum atomic E-state index is -0.526. The van der Waals surface area contributed by atoms with Gasteiger partial charge in [-0.25, -0.2) is 0 Å². The topological polar surface area (TPSA) is 80.9 Å². The second-order valence-corrected chi connectivity index (χ2v) is 7.06. The van der Waals surface area contributed by atoms with E-state index in [1.54, 1.807) is 13.1 Å². The Bertz CT molecular complexity index is 934. The number of benzene rings is 1. The number of amides is 1. The molecule has 1 aromatic carbocycles. The first-order chi connectivity index (χ1) is 13.1. The molecule has 1 N–H and O–H groups in total. The second-order valence-electron chi connectivity index (χ2n) is 7.06. The highest BCUT2D eigenvalue weighted by Gasteiger charge is 2.26. The lowest BCUT2D eigenvalue weighted by Crippen LogP contribution is -2.30. The van der Waals surface area contributed by atoms with Gasteiger partial charge in [-0.2, -0.15) is 4.98 Å². The van der Waals surface area contributed by atoms with Crippen molar-refractivity contribution in [3.63, 3.8) is 0 Å². The molecule has 27 heavy (non-hydrogen) atoms. The summed E-state index contributed by atoms with van der Waals surface area (Å²) < 4.78 is 5.36. The minimum absolute atomic E-state index is 0.0927. The molecule has 138 valence electrons. The van der Waals surface area contributed by atoms with E-state index in [-0.39, 0.29) is 11.9 Å². The molecular formula is C21H22N4O2. The lowest BCUT2D eigenvalue weighted by molar-refractivity contribution is -0.123. The number of pyridine rings is 1. The van der Waals surface area contributed by atoms with Crippen LogP contribution in [0.4, 0.5) is 0 Å². The molecule has 6 nitrogen and oxygen atoms in total. The van der Waals surface area contributed by atoms with Gasteiger partial charge in [-0.15, -0.1) is 0 Å². The van der Waals surface area contributed by atoms with Gasteiger partial charge in [0.15, 0.2) is 0 Å². The highest BCUT2D eigenvalue weighted by Crippen LogP contribution is 2.39. The Morgan fingerprint density at radius 3 is 2.70 bits per heavy atom. The van der Waals surface area contributed by atoms with Crippen LogP contribution in [0, 0.1) is 0 Å². The third-order valence-corrected chi connectivity index (χ3v) is 4.90. The van der Waals surface area contributed by atoms with Gasteiger partial charge in [0.1, 0.15) is 5.92 Å².